The first-order chi connectivity index (χ1) is 9.27. The lowest BCUT2D eigenvalue weighted by molar-refractivity contribution is -0.141. The van der Waals surface area contributed by atoms with E-state index in [2.05, 4.69) is 30.3 Å². The van der Waals surface area contributed by atoms with Crippen LogP contribution >= 0.6 is 0 Å². The maximum absolute atomic E-state index is 10.1. The van der Waals surface area contributed by atoms with Crippen molar-refractivity contribution in [1.82, 2.24) is 0 Å². The Morgan fingerprint density at radius 3 is 2.53 bits per heavy atom. The van der Waals surface area contributed by atoms with Gasteiger partial charge in [-0.15, -0.1) is 6.58 Å². The minimum atomic E-state index is -0.985. The number of hydrogen-bond acceptors (Lipinski definition) is 2. The summed E-state index contributed by atoms with van der Waals surface area (Å²) in [6.45, 7) is 3.50. The van der Waals surface area contributed by atoms with Gasteiger partial charge in [-0.1, -0.05) is 37.2 Å². The van der Waals surface area contributed by atoms with Gasteiger partial charge in [0.2, 0.25) is 0 Å². The van der Waals surface area contributed by atoms with Crippen LogP contribution < -0.4 is 0 Å². The van der Waals surface area contributed by atoms with Gasteiger partial charge in [0, 0.05) is 6.42 Å². The van der Waals surface area contributed by atoms with Gasteiger partial charge in [0.25, 0.3) is 0 Å². The van der Waals surface area contributed by atoms with Gasteiger partial charge in [0.15, 0.2) is 0 Å². The maximum Gasteiger partial charge on any atom is 0.329 e. The Hall–Kier alpha value is -1.71. The Balaban J connectivity index is 3.32. The molecular formula is C16H22O3. The molecule has 0 radical (unpaired) electrons. The SMILES string of the molecule is C=CCCCCCCCC#CC#CCOCC(=O)O. The van der Waals surface area contributed by atoms with Gasteiger partial charge in [-0.25, -0.2) is 4.79 Å². The van der Waals surface area contributed by atoms with Gasteiger partial charge in [0.05, 0.1) is 0 Å². The van der Waals surface area contributed by atoms with E-state index in [0.717, 1.165) is 19.3 Å². The van der Waals surface area contributed by atoms with E-state index in [0.29, 0.717) is 0 Å². The zero-order valence-corrected chi connectivity index (χ0v) is 11.4. The van der Waals surface area contributed by atoms with E-state index in [4.69, 9.17) is 9.84 Å². The number of allylic oxidation sites excluding steroid dienone is 1. The molecule has 104 valence electrons. The van der Waals surface area contributed by atoms with Gasteiger partial charge < -0.3 is 9.84 Å². The van der Waals surface area contributed by atoms with Crippen LogP contribution in [0.1, 0.15) is 44.9 Å². The molecule has 0 aliphatic heterocycles. The van der Waals surface area contributed by atoms with Crippen molar-refractivity contribution in [2.24, 2.45) is 0 Å². The maximum atomic E-state index is 10.1. The molecule has 0 aliphatic carbocycles. The molecule has 0 aromatic rings. The number of rotatable bonds is 10. The van der Waals surface area contributed by atoms with Crippen LogP contribution in [0.2, 0.25) is 0 Å². The minimum Gasteiger partial charge on any atom is -0.480 e. The fourth-order valence-corrected chi connectivity index (χ4v) is 1.41. The van der Waals surface area contributed by atoms with Gasteiger partial charge in [-0.3, -0.25) is 0 Å². The Labute approximate surface area is 116 Å². The highest BCUT2D eigenvalue weighted by molar-refractivity contribution is 5.68. The second kappa shape index (κ2) is 14.4. The highest BCUT2D eigenvalue weighted by Crippen LogP contribution is 2.06. The molecule has 0 bridgehead atoms. The molecule has 0 aromatic heterocycles. The largest absolute Gasteiger partial charge is 0.480 e. The van der Waals surface area contributed by atoms with Gasteiger partial charge >= 0.3 is 5.97 Å². The normalized spacial score (nSPS) is 8.84. The molecule has 0 spiro atoms. The van der Waals surface area contributed by atoms with Crippen LogP contribution in [0.15, 0.2) is 12.7 Å². The van der Waals surface area contributed by atoms with Crippen LogP contribution in [-0.2, 0) is 9.53 Å². The van der Waals surface area contributed by atoms with Crippen molar-refractivity contribution >= 4 is 5.97 Å². The molecule has 3 heteroatoms. The molecule has 3 nitrogen and oxygen atoms in total. The van der Waals surface area contributed by atoms with Crippen LogP contribution in [0.25, 0.3) is 0 Å². The Morgan fingerprint density at radius 2 is 1.79 bits per heavy atom. The monoisotopic (exact) mass is 262 g/mol. The van der Waals surface area contributed by atoms with Crippen molar-refractivity contribution in [3.63, 3.8) is 0 Å². The van der Waals surface area contributed by atoms with Gasteiger partial charge in [0.1, 0.15) is 13.2 Å². The molecule has 0 rings (SSSR count). The number of aliphatic carboxylic acids is 1. The smallest absolute Gasteiger partial charge is 0.329 e. The van der Waals surface area contributed by atoms with E-state index < -0.39 is 5.97 Å². The fraction of sp³-hybridized carbons (Fsp3) is 0.562. The van der Waals surface area contributed by atoms with Crippen LogP contribution in [0.4, 0.5) is 0 Å². The van der Waals surface area contributed by atoms with Crippen molar-refractivity contribution in [2.45, 2.75) is 44.9 Å². The number of ether oxygens (including phenoxy) is 1. The average molecular weight is 262 g/mol. The predicted molar refractivity (Wildman–Crippen MR) is 76.5 cm³/mol. The summed E-state index contributed by atoms with van der Waals surface area (Å²) in [6, 6.07) is 0. The summed E-state index contributed by atoms with van der Waals surface area (Å²) >= 11 is 0. The first kappa shape index (κ1) is 17.3. The Morgan fingerprint density at radius 1 is 1.11 bits per heavy atom. The van der Waals surface area contributed by atoms with Gasteiger partial charge in [-0.05, 0) is 31.1 Å². The molecule has 1 N–H and O–H groups in total. The lowest BCUT2D eigenvalue weighted by Gasteiger charge is -1.96. The Kier molecular flexibility index (Phi) is 13.1. The fourth-order valence-electron chi connectivity index (χ4n) is 1.41. The van der Waals surface area contributed by atoms with E-state index in [1.807, 2.05) is 6.08 Å². The van der Waals surface area contributed by atoms with Gasteiger partial charge in [-0.2, -0.15) is 0 Å². The molecule has 0 amide bonds. The lowest BCUT2D eigenvalue weighted by Crippen LogP contribution is -2.06. The second-order valence-corrected chi connectivity index (χ2v) is 4.09. The van der Waals surface area contributed by atoms with E-state index in [1.54, 1.807) is 0 Å². The van der Waals surface area contributed by atoms with E-state index in [1.165, 1.54) is 25.7 Å². The third kappa shape index (κ3) is 16.3. The summed E-state index contributed by atoms with van der Waals surface area (Å²) in [7, 11) is 0. The summed E-state index contributed by atoms with van der Waals surface area (Å²) in [5.41, 5.74) is 0. The number of carbonyl (C=O) groups is 1. The average Bonchev–Trinajstić information content (AvgIpc) is 2.39. The quantitative estimate of drug-likeness (QED) is 0.374. The topological polar surface area (TPSA) is 46.5 Å². The standard InChI is InChI=1S/C16H22O3/c1-2-3-4-5-6-7-8-9-10-11-12-13-14-19-15-16(17)18/h2H,1,3-9,14-15H2,(H,17,18). The van der Waals surface area contributed by atoms with E-state index in [-0.39, 0.29) is 13.2 Å². The lowest BCUT2D eigenvalue weighted by atomic mass is 10.1. The highest BCUT2D eigenvalue weighted by Gasteiger charge is 1.92. The molecule has 0 aliphatic rings. The number of carboxylic acids is 1. The van der Waals surface area contributed by atoms with Crippen LogP contribution in [0.5, 0.6) is 0 Å². The van der Waals surface area contributed by atoms with Crippen LogP contribution in [-0.4, -0.2) is 24.3 Å². The number of hydrogen-bond donors (Lipinski definition) is 1. The predicted octanol–water partition coefficient (Wildman–Crippen LogP) is 3.01. The van der Waals surface area contributed by atoms with Crippen molar-refractivity contribution in [1.29, 1.82) is 0 Å². The van der Waals surface area contributed by atoms with Crippen molar-refractivity contribution in [2.75, 3.05) is 13.2 Å². The summed E-state index contributed by atoms with van der Waals surface area (Å²) < 4.78 is 4.74. The molecule has 0 unspecified atom stereocenters. The van der Waals surface area contributed by atoms with Crippen LogP contribution in [0.3, 0.4) is 0 Å². The highest BCUT2D eigenvalue weighted by atomic mass is 16.5. The molecule has 0 heterocycles. The summed E-state index contributed by atoms with van der Waals surface area (Å²) in [5, 5.41) is 8.30. The zero-order valence-electron chi connectivity index (χ0n) is 11.4. The number of carboxylic acid groups (broad SMARTS) is 1. The van der Waals surface area contributed by atoms with E-state index >= 15 is 0 Å². The second-order valence-electron chi connectivity index (χ2n) is 4.09. The number of unbranched alkanes of at least 4 members (excludes halogenated alkanes) is 6. The third-order valence-electron chi connectivity index (χ3n) is 2.35. The van der Waals surface area contributed by atoms with Crippen LogP contribution in [0, 0.1) is 23.7 Å². The zero-order chi connectivity index (χ0) is 14.2. The van der Waals surface area contributed by atoms with Crippen molar-refractivity contribution in [3.05, 3.63) is 12.7 Å². The first-order valence-corrected chi connectivity index (χ1v) is 6.63. The summed E-state index contributed by atoms with van der Waals surface area (Å²) in [5.74, 6) is 10.0. The van der Waals surface area contributed by atoms with Crippen molar-refractivity contribution in [3.8, 4) is 23.7 Å². The Bertz CT molecular complexity index is 363. The molecule has 0 atom stereocenters. The van der Waals surface area contributed by atoms with E-state index in [9.17, 15) is 4.79 Å². The summed E-state index contributed by atoms with van der Waals surface area (Å²) in [4.78, 5) is 10.1. The molecular weight excluding hydrogens is 240 g/mol. The molecule has 0 saturated heterocycles. The summed E-state index contributed by atoms with van der Waals surface area (Å²) in [6.07, 6.45) is 10.0. The molecule has 19 heavy (non-hydrogen) atoms. The molecule has 0 fully saturated rings. The first-order valence-electron chi connectivity index (χ1n) is 6.63. The molecule has 0 saturated carbocycles. The third-order valence-corrected chi connectivity index (χ3v) is 2.35. The van der Waals surface area contributed by atoms with Crippen molar-refractivity contribution < 1.29 is 14.6 Å². The molecule has 0 aromatic carbocycles. The minimum absolute atomic E-state index is 0.115.